The zero-order valence-electron chi connectivity index (χ0n) is 16.3. The average molecular weight is 378 g/mol. The SMILES string of the molecule is COCCNc1cc(-c2ccccc2)nc(NCCc2ccc(OC)cc2)n1. The molecule has 1 heterocycles. The number of methoxy groups -OCH3 is 2. The maximum absolute atomic E-state index is 5.20. The van der Waals surface area contributed by atoms with Gasteiger partial charge in [0.1, 0.15) is 11.6 Å². The van der Waals surface area contributed by atoms with Crippen LogP contribution in [0, 0.1) is 0 Å². The first-order valence-electron chi connectivity index (χ1n) is 9.32. The Labute approximate surface area is 166 Å². The minimum atomic E-state index is 0.606. The van der Waals surface area contributed by atoms with E-state index in [-0.39, 0.29) is 0 Å². The van der Waals surface area contributed by atoms with Crippen molar-refractivity contribution in [3.05, 3.63) is 66.2 Å². The number of benzene rings is 2. The van der Waals surface area contributed by atoms with Gasteiger partial charge in [-0.2, -0.15) is 4.98 Å². The molecule has 0 aliphatic heterocycles. The molecule has 3 rings (SSSR count). The molecule has 2 N–H and O–H groups in total. The van der Waals surface area contributed by atoms with E-state index in [0.29, 0.717) is 19.1 Å². The Balaban J connectivity index is 1.69. The monoisotopic (exact) mass is 378 g/mol. The van der Waals surface area contributed by atoms with Crippen LogP contribution in [0.25, 0.3) is 11.3 Å². The Morgan fingerprint density at radius 1 is 0.857 bits per heavy atom. The summed E-state index contributed by atoms with van der Waals surface area (Å²) in [5, 5.41) is 6.62. The van der Waals surface area contributed by atoms with Gasteiger partial charge in [-0.05, 0) is 24.1 Å². The maximum Gasteiger partial charge on any atom is 0.225 e. The summed E-state index contributed by atoms with van der Waals surface area (Å²) in [7, 11) is 3.36. The molecule has 2 aromatic carbocycles. The molecule has 0 bridgehead atoms. The molecule has 3 aromatic rings. The van der Waals surface area contributed by atoms with E-state index in [1.807, 2.05) is 48.5 Å². The second kappa shape index (κ2) is 10.3. The fraction of sp³-hybridized carbons (Fsp3) is 0.273. The van der Waals surface area contributed by atoms with E-state index >= 15 is 0 Å². The summed E-state index contributed by atoms with van der Waals surface area (Å²) in [5.74, 6) is 2.25. The van der Waals surface area contributed by atoms with Gasteiger partial charge in [-0.3, -0.25) is 0 Å². The largest absolute Gasteiger partial charge is 0.497 e. The Morgan fingerprint density at radius 2 is 1.64 bits per heavy atom. The number of anilines is 2. The van der Waals surface area contributed by atoms with Crippen molar-refractivity contribution in [3.8, 4) is 17.0 Å². The van der Waals surface area contributed by atoms with Gasteiger partial charge in [0.25, 0.3) is 0 Å². The molecule has 6 heteroatoms. The number of nitrogens with zero attached hydrogens (tertiary/aromatic N) is 2. The van der Waals surface area contributed by atoms with E-state index in [0.717, 1.165) is 35.8 Å². The Hall–Kier alpha value is -3.12. The van der Waals surface area contributed by atoms with Crippen LogP contribution in [0.5, 0.6) is 5.75 Å². The fourth-order valence-corrected chi connectivity index (χ4v) is 2.77. The van der Waals surface area contributed by atoms with Crippen molar-refractivity contribution in [2.45, 2.75) is 6.42 Å². The first-order chi connectivity index (χ1) is 13.8. The minimum Gasteiger partial charge on any atom is -0.497 e. The Bertz CT molecular complexity index is 854. The van der Waals surface area contributed by atoms with Crippen LogP contribution in [-0.4, -0.2) is 43.9 Å². The number of aromatic nitrogens is 2. The van der Waals surface area contributed by atoms with Gasteiger partial charge in [-0.25, -0.2) is 4.98 Å². The molecule has 0 atom stereocenters. The van der Waals surface area contributed by atoms with Gasteiger partial charge in [0.15, 0.2) is 0 Å². The molecule has 28 heavy (non-hydrogen) atoms. The molecule has 0 fully saturated rings. The molecular formula is C22H26N4O2. The van der Waals surface area contributed by atoms with E-state index in [1.165, 1.54) is 5.56 Å². The normalized spacial score (nSPS) is 10.5. The summed E-state index contributed by atoms with van der Waals surface area (Å²) >= 11 is 0. The Morgan fingerprint density at radius 3 is 2.36 bits per heavy atom. The van der Waals surface area contributed by atoms with Crippen LogP contribution in [0.3, 0.4) is 0 Å². The molecule has 0 aliphatic rings. The van der Waals surface area contributed by atoms with Crippen LogP contribution in [-0.2, 0) is 11.2 Å². The van der Waals surface area contributed by atoms with Crippen molar-refractivity contribution in [1.82, 2.24) is 9.97 Å². The zero-order valence-corrected chi connectivity index (χ0v) is 16.3. The van der Waals surface area contributed by atoms with E-state index in [1.54, 1.807) is 14.2 Å². The summed E-state index contributed by atoms with van der Waals surface area (Å²) in [6.07, 6.45) is 0.870. The molecule has 6 nitrogen and oxygen atoms in total. The first-order valence-corrected chi connectivity index (χ1v) is 9.32. The summed E-state index contributed by atoms with van der Waals surface area (Å²) in [5.41, 5.74) is 3.16. The second-order valence-electron chi connectivity index (χ2n) is 6.27. The predicted molar refractivity (Wildman–Crippen MR) is 113 cm³/mol. The number of ether oxygens (including phenoxy) is 2. The highest BCUT2D eigenvalue weighted by Crippen LogP contribution is 2.21. The van der Waals surface area contributed by atoms with Crippen molar-refractivity contribution < 1.29 is 9.47 Å². The maximum atomic E-state index is 5.20. The van der Waals surface area contributed by atoms with Crippen LogP contribution >= 0.6 is 0 Å². The van der Waals surface area contributed by atoms with E-state index in [9.17, 15) is 0 Å². The quantitative estimate of drug-likeness (QED) is 0.522. The molecular weight excluding hydrogens is 352 g/mol. The van der Waals surface area contributed by atoms with E-state index < -0.39 is 0 Å². The van der Waals surface area contributed by atoms with Gasteiger partial charge in [0.05, 0.1) is 19.4 Å². The summed E-state index contributed by atoms with van der Waals surface area (Å²) < 4.78 is 10.3. The van der Waals surface area contributed by atoms with Crippen molar-refractivity contribution >= 4 is 11.8 Å². The molecule has 0 spiro atoms. The number of rotatable bonds is 10. The van der Waals surface area contributed by atoms with Crippen molar-refractivity contribution in [1.29, 1.82) is 0 Å². The molecule has 0 aliphatic carbocycles. The standard InChI is InChI=1S/C22H26N4O2/c1-27-15-14-23-21-16-20(18-6-4-3-5-7-18)25-22(26-21)24-13-12-17-8-10-19(28-2)11-9-17/h3-11,16H,12-15H2,1-2H3,(H2,23,24,25,26). The van der Waals surface area contributed by atoms with Gasteiger partial charge < -0.3 is 20.1 Å². The van der Waals surface area contributed by atoms with Crippen LogP contribution in [0.1, 0.15) is 5.56 Å². The lowest BCUT2D eigenvalue weighted by Crippen LogP contribution is -2.12. The minimum absolute atomic E-state index is 0.606. The lowest BCUT2D eigenvalue weighted by molar-refractivity contribution is 0.210. The molecule has 0 saturated carbocycles. The zero-order chi connectivity index (χ0) is 19.6. The topological polar surface area (TPSA) is 68.3 Å². The van der Waals surface area contributed by atoms with Crippen LogP contribution in [0.2, 0.25) is 0 Å². The number of hydrogen-bond donors (Lipinski definition) is 2. The van der Waals surface area contributed by atoms with E-state index in [2.05, 4.69) is 32.7 Å². The number of hydrogen-bond acceptors (Lipinski definition) is 6. The molecule has 1 aromatic heterocycles. The van der Waals surface area contributed by atoms with Crippen LogP contribution < -0.4 is 15.4 Å². The lowest BCUT2D eigenvalue weighted by atomic mass is 10.1. The molecule has 0 radical (unpaired) electrons. The summed E-state index contributed by atoms with van der Waals surface area (Å²) in [6, 6.07) is 20.1. The third-order valence-corrected chi connectivity index (χ3v) is 4.26. The Kier molecular flexibility index (Phi) is 7.21. The van der Waals surface area contributed by atoms with E-state index in [4.69, 9.17) is 9.47 Å². The van der Waals surface area contributed by atoms with Gasteiger partial charge in [-0.15, -0.1) is 0 Å². The van der Waals surface area contributed by atoms with Gasteiger partial charge in [-0.1, -0.05) is 42.5 Å². The van der Waals surface area contributed by atoms with Crippen LogP contribution in [0.4, 0.5) is 11.8 Å². The molecule has 146 valence electrons. The average Bonchev–Trinajstić information content (AvgIpc) is 2.75. The van der Waals surface area contributed by atoms with Gasteiger partial charge >= 0.3 is 0 Å². The van der Waals surface area contributed by atoms with Crippen molar-refractivity contribution in [2.24, 2.45) is 0 Å². The second-order valence-corrected chi connectivity index (χ2v) is 6.27. The third kappa shape index (κ3) is 5.69. The lowest BCUT2D eigenvalue weighted by Gasteiger charge is -2.11. The van der Waals surface area contributed by atoms with Crippen molar-refractivity contribution in [3.63, 3.8) is 0 Å². The highest BCUT2D eigenvalue weighted by Gasteiger charge is 2.07. The molecule has 0 amide bonds. The smallest absolute Gasteiger partial charge is 0.225 e. The molecule has 0 saturated heterocycles. The summed E-state index contributed by atoms with van der Waals surface area (Å²) in [6.45, 7) is 2.04. The predicted octanol–water partition coefficient (Wildman–Crippen LogP) is 3.87. The van der Waals surface area contributed by atoms with Gasteiger partial charge in [0.2, 0.25) is 5.95 Å². The highest BCUT2D eigenvalue weighted by atomic mass is 16.5. The van der Waals surface area contributed by atoms with Gasteiger partial charge in [0, 0.05) is 31.8 Å². The summed E-state index contributed by atoms with van der Waals surface area (Å²) in [4.78, 5) is 9.26. The molecule has 0 unspecified atom stereocenters. The first kappa shape index (κ1) is 19.6. The van der Waals surface area contributed by atoms with Crippen LogP contribution in [0.15, 0.2) is 60.7 Å². The highest BCUT2D eigenvalue weighted by molar-refractivity contribution is 5.64. The van der Waals surface area contributed by atoms with Crippen molar-refractivity contribution in [2.75, 3.05) is 44.5 Å². The number of nitrogens with one attached hydrogen (secondary N) is 2. The third-order valence-electron chi connectivity index (χ3n) is 4.26. The fourth-order valence-electron chi connectivity index (χ4n) is 2.77.